The molecule has 0 radical (unpaired) electrons. The number of fused-ring (bicyclic) bond motifs is 1. The van der Waals surface area contributed by atoms with Crippen molar-refractivity contribution < 1.29 is 14.3 Å². The molecule has 1 saturated carbocycles. The number of hydrogen-bond acceptors (Lipinski definition) is 7. The Morgan fingerprint density at radius 2 is 1.92 bits per heavy atom. The minimum absolute atomic E-state index is 0.0420. The Kier molecular flexibility index (Phi) is 5.50. The smallest absolute Gasteiger partial charge is 0.237 e. The Bertz CT molecular complexity index is 1510. The van der Waals surface area contributed by atoms with E-state index in [0.717, 1.165) is 59.3 Å². The third kappa shape index (κ3) is 3.70. The van der Waals surface area contributed by atoms with Gasteiger partial charge in [0.05, 0.1) is 31.4 Å². The molecule has 1 aromatic carbocycles. The second-order valence-electron chi connectivity index (χ2n) is 10.4. The molecule has 10 heteroatoms. The number of likely N-dealkylation sites (tertiary alicyclic amines) is 1. The van der Waals surface area contributed by atoms with Crippen LogP contribution in [0.4, 0.5) is 5.82 Å². The number of aromatic nitrogens is 5. The van der Waals surface area contributed by atoms with Crippen LogP contribution in [-0.2, 0) is 14.3 Å². The normalized spacial score (nSPS) is 22.4. The number of nitrogens with zero attached hydrogens (tertiary/aromatic N) is 6. The molecule has 3 aromatic heterocycles. The number of imide groups is 1. The molecule has 0 spiro atoms. The highest BCUT2D eigenvalue weighted by Crippen LogP contribution is 2.38. The molecule has 5 heterocycles. The van der Waals surface area contributed by atoms with Crippen molar-refractivity contribution in [1.29, 1.82) is 0 Å². The van der Waals surface area contributed by atoms with Gasteiger partial charge in [0, 0.05) is 36.7 Å². The van der Waals surface area contributed by atoms with Gasteiger partial charge in [0.25, 0.3) is 0 Å². The van der Waals surface area contributed by atoms with E-state index >= 15 is 0 Å². The first-order valence-electron chi connectivity index (χ1n) is 13.3. The molecule has 2 saturated heterocycles. The third-order valence-corrected chi connectivity index (χ3v) is 8.14. The van der Waals surface area contributed by atoms with Crippen LogP contribution in [0.2, 0.25) is 0 Å². The summed E-state index contributed by atoms with van der Waals surface area (Å²) in [4.78, 5) is 34.5. The van der Waals surface area contributed by atoms with Crippen molar-refractivity contribution in [3.8, 4) is 16.9 Å². The van der Waals surface area contributed by atoms with E-state index in [1.807, 2.05) is 36.5 Å². The van der Waals surface area contributed by atoms with Gasteiger partial charge in [0.15, 0.2) is 11.5 Å². The van der Waals surface area contributed by atoms with Gasteiger partial charge in [0.1, 0.15) is 5.82 Å². The lowest BCUT2D eigenvalue weighted by molar-refractivity contribution is -0.143. The number of pyridine rings is 1. The topological polar surface area (TPSA) is 109 Å². The summed E-state index contributed by atoms with van der Waals surface area (Å²) in [6.45, 7) is 4.19. The summed E-state index contributed by atoms with van der Waals surface area (Å²) in [6, 6.07) is 12.3. The molecule has 4 aromatic rings. The number of ether oxygens (including phenoxy) is 1. The number of amides is 2. The largest absolute Gasteiger partial charge is 0.377 e. The van der Waals surface area contributed by atoms with Crippen LogP contribution in [0.3, 0.4) is 0 Å². The fraction of sp³-hybridized carbons (Fsp3) is 0.393. The molecule has 1 aliphatic carbocycles. The van der Waals surface area contributed by atoms with Gasteiger partial charge in [0.2, 0.25) is 11.8 Å². The Labute approximate surface area is 219 Å². The van der Waals surface area contributed by atoms with Crippen LogP contribution in [0.5, 0.6) is 0 Å². The van der Waals surface area contributed by atoms with Crippen molar-refractivity contribution in [3.05, 3.63) is 54.4 Å². The summed E-state index contributed by atoms with van der Waals surface area (Å²) in [5.41, 5.74) is 3.60. The van der Waals surface area contributed by atoms with E-state index in [4.69, 9.17) is 9.72 Å². The lowest BCUT2D eigenvalue weighted by Crippen LogP contribution is -2.44. The first-order chi connectivity index (χ1) is 18.6. The molecule has 2 amide bonds. The van der Waals surface area contributed by atoms with Gasteiger partial charge >= 0.3 is 0 Å². The average Bonchev–Trinajstić information content (AvgIpc) is 3.64. The predicted octanol–water partition coefficient (Wildman–Crippen LogP) is 3.43. The zero-order valence-corrected chi connectivity index (χ0v) is 21.2. The van der Waals surface area contributed by atoms with Gasteiger partial charge in [-0.3, -0.25) is 19.6 Å². The van der Waals surface area contributed by atoms with Gasteiger partial charge in [-0.15, -0.1) is 0 Å². The second kappa shape index (κ2) is 9.05. The van der Waals surface area contributed by atoms with E-state index in [-0.39, 0.29) is 30.3 Å². The van der Waals surface area contributed by atoms with Crippen molar-refractivity contribution in [1.82, 2.24) is 29.9 Å². The predicted molar refractivity (Wildman–Crippen MR) is 141 cm³/mol. The van der Waals surface area contributed by atoms with Gasteiger partial charge < -0.3 is 9.64 Å². The number of carbonyl (C=O) groups is 2. The van der Waals surface area contributed by atoms with Crippen LogP contribution in [0, 0.1) is 0 Å². The highest BCUT2D eigenvalue weighted by molar-refractivity contribution is 6.06. The van der Waals surface area contributed by atoms with E-state index in [0.29, 0.717) is 19.0 Å². The minimum atomic E-state index is -0.401. The highest BCUT2D eigenvalue weighted by atomic mass is 16.5. The molecule has 1 unspecified atom stereocenters. The molecule has 2 aliphatic heterocycles. The summed E-state index contributed by atoms with van der Waals surface area (Å²) in [6.07, 6.45) is 6.78. The van der Waals surface area contributed by atoms with Crippen molar-refractivity contribution in [2.45, 2.75) is 50.6 Å². The number of nitrogens with one attached hydrogen (secondary N) is 1. The molecule has 1 N–H and O–H groups in total. The standard InChI is InChI=1S/C28H29N7O3/c1-17-16-38-12-11-33(17)25-13-21(23-15-30-35(27(23)31-25)24-9-10-29-32-24)18-5-7-19(8-6-18)22-14-26(36)34(28(22)37)20-3-2-4-20/h5-10,13,15,17,20,22H,2-4,11-12,14,16H2,1H3,(H,29,32)/t17-,22?/m1/s1. The molecule has 194 valence electrons. The molecule has 0 bridgehead atoms. The molecule has 7 rings (SSSR count). The van der Waals surface area contributed by atoms with E-state index < -0.39 is 5.92 Å². The number of H-pyrrole nitrogens is 1. The average molecular weight is 512 g/mol. The van der Waals surface area contributed by atoms with Crippen LogP contribution in [0.1, 0.15) is 44.1 Å². The van der Waals surface area contributed by atoms with Crippen LogP contribution < -0.4 is 4.90 Å². The Morgan fingerprint density at radius 3 is 2.63 bits per heavy atom. The van der Waals surface area contributed by atoms with Crippen molar-refractivity contribution in [2.24, 2.45) is 0 Å². The van der Waals surface area contributed by atoms with Crippen molar-refractivity contribution in [3.63, 3.8) is 0 Å². The van der Waals surface area contributed by atoms with Gasteiger partial charge in [-0.25, -0.2) is 4.98 Å². The number of morpholine rings is 1. The number of hydrogen-bond donors (Lipinski definition) is 1. The third-order valence-electron chi connectivity index (χ3n) is 8.14. The number of rotatable bonds is 5. The van der Waals surface area contributed by atoms with Crippen LogP contribution >= 0.6 is 0 Å². The highest BCUT2D eigenvalue weighted by Gasteiger charge is 2.44. The maximum Gasteiger partial charge on any atom is 0.237 e. The second-order valence-corrected chi connectivity index (χ2v) is 10.4. The monoisotopic (exact) mass is 511 g/mol. The Morgan fingerprint density at radius 1 is 1.08 bits per heavy atom. The van der Waals surface area contributed by atoms with Crippen LogP contribution in [0.15, 0.2) is 48.8 Å². The van der Waals surface area contributed by atoms with Crippen molar-refractivity contribution in [2.75, 3.05) is 24.7 Å². The first-order valence-corrected chi connectivity index (χ1v) is 13.3. The van der Waals surface area contributed by atoms with Gasteiger partial charge in [-0.05, 0) is 48.9 Å². The molecule has 10 nitrogen and oxygen atoms in total. The summed E-state index contributed by atoms with van der Waals surface area (Å²) < 4.78 is 7.40. The molecule has 3 aliphatic rings. The number of carbonyl (C=O) groups excluding carboxylic acids is 2. The van der Waals surface area contributed by atoms with E-state index in [1.165, 1.54) is 4.90 Å². The summed E-state index contributed by atoms with van der Waals surface area (Å²) in [7, 11) is 0. The zero-order valence-electron chi connectivity index (χ0n) is 21.2. The van der Waals surface area contributed by atoms with Gasteiger partial charge in [-0.2, -0.15) is 14.9 Å². The molecule has 38 heavy (non-hydrogen) atoms. The fourth-order valence-electron chi connectivity index (χ4n) is 5.81. The van der Waals surface area contributed by atoms with Gasteiger partial charge in [-0.1, -0.05) is 24.3 Å². The molecule has 3 fully saturated rings. The maximum atomic E-state index is 13.1. The minimum Gasteiger partial charge on any atom is -0.377 e. The van der Waals surface area contributed by atoms with Crippen LogP contribution in [-0.4, -0.2) is 73.5 Å². The molecular weight excluding hydrogens is 482 g/mol. The fourth-order valence-corrected chi connectivity index (χ4v) is 5.81. The Hall–Kier alpha value is -4.05. The molecule has 2 atom stereocenters. The summed E-state index contributed by atoms with van der Waals surface area (Å²) in [5.74, 6) is 1.03. The summed E-state index contributed by atoms with van der Waals surface area (Å²) >= 11 is 0. The summed E-state index contributed by atoms with van der Waals surface area (Å²) in [5, 5.41) is 12.7. The maximum absolute atomic E-state index is 13.1. The SMILES string of the molecule is C[C@@H]1COCCN1c1cc(-c2ccc(C3CC(=O)N(C4CCC4)C3=O)cc2)c2cnn(-c3cc[nH]n3)c2n1. The first kappa shape index (κ1) is 23.1. The van der Waals surface area contributed by atoms with Crippen LogP contribution in [0.25, 0.3) is 28.0 Å². The quantitative estimate of drug-likeness (QED) is 0.409. The van der Waals surface area contributed by atoms with E-state index in [2.05, 4.69) is 33.2 Å². The Balaban J connectivity index is 1.28. The number of anilines is 1. The molecular formula is C28H29N7O3. The lowest BCUT2D eigenvalue weighted by Gasteiger charge is -2.34. The van der Waals surface area contributed by atoms with E-state index in [1.54, 1.807) is 10.9 Å². The number of aromatic amines is 1. The number of benzene rings is 1. The zero-order chi connectivity index (χ0) is 25.8. The van der Waals surface area contributed by atoms with Crippen molar-refractivity contribution >= 4 is 28.7 Å². The van der Waals surface area contributed by atoms with E-state index in [9.17, 15) is 9.59 Å². The lowest BCUT2D eigenvalue weighted by atomic mass is 9.91.